The van der Waals surface area contributed by atoms with Gasteiger partial charge in [-0.1, -0.05) is 6.92 Å². The van der Waals surface area contributed by atoms with Crippen LogP contribution in [0.1, 0.15) is 20.8 Å². The van der Waals surface area contributed by atoms with Gasteiger partial charge < -0.3 is 10.7 Å². The van der Waals surface area contributed by atoms with Gasteiger partial charge in [0.15, 0.2) is 0 Å². The normalized spacial score (nSPS) is 17.3. The molecule has 1 nitrogen and oxygen atoms in total. The summed E-state index contributed by atoms with van der Waals surface area (Å²) >= 11 is 0. The van der Waals surface area contributed by atoms with Crippen molar-refractivity contribution in [2.75, 3.05) is 0 Å². The second kappa shape index (κ2) is 6.07. The maximum absolute atomic E-state index is 12.4. The van der Waals surface area contributed by atoms with Gasteiger partial charge in [0.2, 0.25) is 0 Å². The predicted octanol–water partition coefficient (Wildman–Crippen LogP) is 2.36. The molecule has 0 spiro atoms. The number of ether oxygens (including phenoxy) is 1. The number of hydrogen-bond acceptors (Lipinski definition) is 1. The van der Waals surface area contributed by atoms with E-state index in [1.165, 1.54) is 0 Å². The number of halogens is 1. The minimum Gasteiger partial charge on any atom is -0.737 e. The summed E-state index contributed by atoms with van der Waals surface area (Å²) in [6.07, 6.45) is 0.671. The second-order valence-corrected chi connectivity index (χ2v) is 2.18. The number of hydrogen-bond donors (Lipinski definition) is 0. The van der Waals surface area contributed by atoms with Crippen LogP contribution < -0.4 is 0 Å². The molecule has 0 aromatic rings. The Morgan fingerprint density at radius 2 is 1.73 bits per heavy atom. The van der Waals surface area contributed by atoms with Gasteiger partial charge in [-0.2, -0.15) is 12.5 Å². The maximum atomic E-state index is 12.4. The van der Waals surface area contributed by atoms with Crippen LogP contribution in [0.5, 0.6) is 0 Å². The molecule has 0 unspecified atom stereocenters. The first-order valence-corrected chi connectivity index (χ1v) is 2.85. The van der Waals surface area contributed by atoms with E-state index in [2.05, 4.69) is 4.74 Å². The molecule has 58 valence electrons. The minimum absolute atomic E-state index is 0. The summed E-state index contributed by atoms with van der Waals surface area (Å²) in [5.74, 6) is 0.910. The van der Waals surface area contributed by atoms with Gasteiger partial charge >= 0.3 is 0 Å². The Balaban J connectivity index is 0. The van der Waals surface area contributed by atoms with Crippen molar-refractivity contribution in [2.45, 2.75) is 20.8 Å². The first-order valence-electron chi connectivity index (χ1n) is 2.85. The monoisotopic (exact) mass is 306 g/mol. The van der Waals surface area contributed by atoms with Crippen LogP contribution in [0.2, 0.25) is 0 Å². The molecule has 0 saturated carbocycles. The van der Waals surface area contributed by atoms with Crippen molar-refractivity contribution in [1.29, 1.82) is 0 Å². The molecule has 0 N–H and O–H groups in total. The van der Waals surface area contributed by atoms with Crippen LogP contribution in [-0.4, -0.2) is 0 Å². The summed E-state index contributed by atoms with van der Waals surface area (Å²) < 4.78 is 17.1. The van der Waals surface area contributed by atoms with Crippen molar-refractivity contribution in [1.82, 2.24) is 0 Å². The standard InChI is InChI=1S/C7H9FO.2Y/c1-4-5(2)7(8)9-6(4)3;;/h1-3H3;;/q-2;;. The van der Waals surface area contributed by atoms with Gasteiger partial charge in [-0.15, -0.1) is 6.92 Å². The van der Waals surface area contributed by atoms with Gasteiger partial charge in [0.1, 0.15) is 0 Å². The molecule has 0 aromatic carbocycles. The Morgan fingerprint density at radius 3 is 1.82 bits per heavy atom. The summed E-state index contributed by atoms with van der Waals surface area (Å²) in [6.45, 7) is 5.31. The minimum atomic E-state index is -0.454. The van der Waals surface area contributed by atoms with Crippen molar-refractivity contribution in [3.8, 4) is 0 Å². The van der Waals surface area contributed by atoms with Crippen molar-refractivity contribution in [2.24, 2.45) is 0 Å². The quantitative estimate of drug-likeness (QED) is 0.624. The second-order valence-electron chi connectivity index (χ2n) is 2.18. The third kappa shape index (κ3) is 3.42. The van der Waals surface area contributed by atoms with Crippen molar-refractivity contribution in [3.63, 3.8) is 0 Å². The van der Waals surface area contributed by atoms with E-state index < -0.39 is 6.01 Å². The van der Waals surface area contributed by atoms with Gasteiger partial charge in [0.25, 0.3) is 0 Å². The molecule has 0 amide bonds. The largest absolute Gasteiger partial charge is 0.737 e. The molecule has 1 aliphatic rings. The smallest absolute Gasteiger partial charge is 0.0784 e. The molecule has 4 heteroatoms. The maximum Gasteiger partial charge on any atom is 0.0784 e. The Bertz CT molecular complexity index is 159. The summed E-state index contributed by atoms with van der Waals surface area (Å²) in [6, 6.07) is -0.454. The van der Waals surface area contributed by atoms with Gasteiger partial charge in [-0.25, -0.2) is 6.10 Å². The molecule has 0 fully saturated rings. The Labute approximate surface area is 117 Å². The van der Waals surface area contributed by atoms with Gasteiger partial charge in [-0.3, -0.25) is 4.39 Å². The Kier molecular flexibility index (Phi) is 8.30. The number of rotatable bonds is 0. The van der Waals surface area contributed by atoms with Crippen LogP contribution in [0.15, 0.2) is 11.6 Å². The molecule has 0 atom stereocenters. The zero-order chi connectivity index (χ0) is 7.02. The summed E-state index contributed by atoms with van der Waals surface area (Å²) in [4.78, 5) is 0. The van der Waals surface area contributed by atoms with E-state index in [9.17, 15) is 4.39 Å². The van der Waals surface area contributed by atoms with E-state index in [1.54, 1.807) is 13.8 Å². The summed E-state index contributed by atoms with van der Waals surface area (Å²) in [5.41, 5.74) is 0.618. The van der Waals surface area contributed by atoms with Crippen LogP contribution in [-0.2, 0) is 70.2 Å². The van der Waals surface area contributed by atoms with E-state index in [-0.39, 0.29) is 65.4 Å². The van der Waals surface area contributed by atoms with Crippen LogP contribution in [0.4, 0.5) is 4.39 Å². The van der Waals surface area contributed by atoms with E-state index >= 15 is 0 Å². The summed E-state index contributed by atoms with van der Waals surface area (Å²) in [5, 5.41) is 0. The van der Waals surface area contributed by atoms with Gasteiger partial charge in [0, 0.05) is 65.4 Å². The molecule has 0 aromatic heterocycles. The van der Waals surface area contributed by atoms with Crippen LogP contribution >= 0.6 is 0 Å². The molecular weight excluding hydrogens is 297 g/mol. The van der Waals surface area contributed by atoms with Gasteiger partial charge in [-0.05, 0) is 0 Å². The van der Waals surface area contributed by atoms with Crippen molar-refractivity contribution in [3.05, 3.63) is 23.6 Å². The van der Waals surface area contributed by atoms with E-state index in [0.717, 1.165) is 5.92 Å². The van der Waals surface area contributed by atoms with E-state index in [0.29, 0.717) is 11.7 Å². The molecule has 0 saturated heterocycles. The van der Waals surface area contributed by atoms with Crippen LogP contribution in [0.25, 0.3) is 0 Å². The fourth-order valence-electron chi connectivity index (χ4n) is 0.699. The predicted molar refractivity (Wildman–Crippen MR) is 32.7 cm³/mol. The first-order chi connectivity index (χ1) is 4.13. The molecule has 1 aliphatic heterocycles. The van der Waals surface area contributed by atoms with Gasteiger partial charge in [0.05, 0.1) is 6.01 Å². The van der Waals surface area contributed by atoms with E-state index in [4.69, 9.17) is 0 Å². The first kappa shape index (κ1) is 15.0. The van der Waals surface area contributed by atoms with E-state index in [1.807, 2.05) is 6.92 Å². The average molecular weight is 306 g/mol. The molecule has 2 radical (unpaired) electrons. The zero-order valence-electron chi connectivity index (χ0n) is 6.94. The van der Waals surface area contributed by atoms with Crippen molar-refractivity contribution >= 4 is 0 Å². The Morgan fingerprint density at radius 1 is 1.27 bits per heavy atom. The fraction of sp³-hybridized carbons (Fsp3) is 0.429. The zero-order valence-corrected chi connectivity index (χ0v) is 12.6. The fourth-order valence-corrected chi connectivity index (χ4v) is 0.699. The Hall–Kier alpha value is 1.55. The topological polar surface area (TPSA) is 9.23 Å². The molecular formula is C7H9FOY2-2. The average Bonchev–Trinajstić information content (AvgIpc) is 1.98. The molecule has 1 rings (SSSR count). The van der Waals surface area contributed by atoms with Crippen molar-refractivity contribution < 1.29 is 74.5 Å². The molecule has 1 heterocycles. The summed E-state index contributed by atoms with van der Waals surface area (Å²) in [7, 11) is 0. The third-order valence-electron chi connectivity index (χ3n) is 1.63. The van der Waals surface area contributed by atoms with Crippen LogP contribution in [0, 0.1) is 12.0 Å². The molecule has 11 heavy (non-hydrogen) atoms. The van der Waals surface area contributed by atoms with Crippen LogP contribution in [0.3, 0.4) is 0 Å². The molecule has 0 aliphatic carbocycles. The SMILES string of the molecule is CC1=C(F)O[C-](C)[C-]1C.[Y].[Y]. The molecule has 0 bridgehead atoms. The third-order valence-corrected chi connectivity index (χ3v) is 1.63.